The Kier molecular flexibility index (Phi) is 4.79. The Morgan fingerprint density at radius 3 is 2.50 bits per heavy atom. The molecule has 1 aliphatic rings. The van der Waals surface area contributed by atoms with Crippen molar-refractivity contribution in [3.8, 4) is 0 Å². The van der Waals surface area contributed by atoms with Crippen molar-refractivity contribution in [1.29, 1.82) is 0 Å². The zero-order valence-electron chi connectivity index (χ0n) is 10.9. The van der Waals surface area contributed by atoms with E-state index in [0.717, 1.165) is 5.56 Å². The number of hydrogen-bond donors (Lipinski definition) is 5. The Bertz CT molecular complexity index is 407. The number of aliphatic hydroxyl groups excluding tert-OH is 5. The minimum absolute atomic E-state index is 0.219. The second-order valence-electron chi connectivity index (χ2n) is 5.14. The molecule has 114 valence electrons. The first-order chi connectivity index (χ1) is 9.50. The summed E-state index contributed by atoms with van der Waals surface area (Å²) in [5.74, 6) is 0. The monoisotopic (exact) mass is 288 g/mol. The molecule has 0 aliphatic carbocycles. The Morgan fingerprint density at radius 1 is 1.15 bits per heavy atom. The highest BCUT2D eigenvalue weighted by molar-refractivity contribution is 5.06. The molecular weight excluding hydrogens is 268 g/mol. The van der Waals surface area contributed by atoms with Gasteiger partial charge < -0.3 is 34.7 Å². The average Bonchev–Trinajstić information content (AvgIpc) is 2.95. The van der Waals surface area contributed by atoms with E-state index in [-0.39, 0.29) is 6.42 Å². The highest BCUT2D eigenvalue weighted by Gasteiger charge is 2.52. The fraction of sp³-hybridized carbons (Fsp3) is 0.692. The first-order valence-electron chi connectivity index (χ1n) is 6.52. The number of ether oxygens (including phenoxy) is 1. The molecule has 1 aromatic heterocycles. The molecule has 0 unspecified atom stereocenters. The second-order valence-corrected chi connectivity index (χ2v) is 5.14. The lowest BCUT2D eigenvalue weighted by Crippen LogP contribution is -2.65. The minimum Gasteiger partial charge on any atom is -0.472 e. The number of aryl methyl sites for hydroxylation is 1. The molecule has 7 nitrogen and oxygen atoms in total. The number of furan rings is 1. The largest absolute Gasteiger partial charge is 0.472 e. The third kappa shape index (κ3) is 2.88. The maximum atomic E-state index is 10.0. The van der Waals surface area contributed by atoms with Crippen LogP contribution in [0.4, 0.5) is 0 Å². The van der Waals surface area contributed by atoms with Gasteiger partial charge in [0.15, 0.2) is 6.29 Å². The summed E-state index contributed by atoms with van der Waals surface area (Å²) in [6, 6.07) is 1.80. The Hall–Kier alpha value is -0.960. The topological polar surface area (TPSA) is 124 Å². The van der Waals surface area contributed by atoms with Gasteiger partial charge in [-0.1, -0.05) is 0 Å². The third-order valence-corrected chi connectivity index (χ3v) is 3.77. The predicted molar refractivity (Wildman–Crippen MR) is 66.6 cm³/mol. The van der Waals surface area contributed by atoms with E-state index in [9.17, 15) is 25.5 Å². The van der Waals surface area contributed by atoms with Crippen molar-refractivity contribution in [2.75, 3.05) is 6.61 Å². The molecule has 0 bridgehead atoms. The standard InChI is InChI=1S/C13H20O7/c14-7-13(4-1-2-8-3-5-19-6-8)11(17)9(15)10(16)12(18)20-13/h3,5-6,9-12,14-18H,1-2,4,7H2/t9-,10+,11-,12+,13+/m0/s1. The highest BCUT2D eigenvalue weighted by atomic mass is 16.6. The van der Waals surface area contributed by atoms with E-state index < -0.39 is 36.8 Å². The van der Waals surface area contributed by atoms with Gasteiger partial charge >= 0.3 is 0 Å². The summed E-state index contributed by atoms with van der Waals surface area (Å²) < 4.78 is 10.1. The molecular formula is C13H20O7. The Labute approximate surface area is 116 Å². The summed E-state index contributed by atoms with van der Waals surface area (Å²) in [5.41, 5.74) is -0.522. The van der Waals surface area contributed by atoms with E-state index in [1.165, 1.54) is 0 Å². The molecule has 1 aromatic rings. The van der Waals surface area contributed by atoms with Crippen LogP contribution in [0.3, 0.4) is 0 Å². The van der Waals surface area contributed by atoms with Crippen molar-refractivity contribution in [3.63, 3.8) is 0 Å². The van der Waals surface area contributed by atoms with Crippen LogP contribution in [0.1, 0.15) is 18.4 Å². The summed E-state index contributed by atoms with van der Waals surface area (Å²) in [6.45, 7) is -0.569. The first-order valence-corrected chi connectivity index (χ1v) is 6.52. The Balaban J connectivity index is 2.00. The fourth-order valence-electron chi connectivity index (χ4n) is 2.49. The van der Waals surface area contributed by atoms with E-state index >= 15 is 0 Å². The van der Waals surface area contributed by atoms with Crippen molar-refractivity contribution in [1.82, 2.24) is 0 Å². The van der Waals surface area contributed by atoms with Crippen LogP contribution < -0.4 is 0 Å². The van der Waals surface area contributed by atoms with Gasteiger partial charge in [-0.25, -0.2) is 0 Å². The van der Waals surface area contributed by atoms with Gasteiger partial charge in [-0.05, 0) is 30.9 Å². The van der Waals surface area contributed by atoms with Crippen LogP contribution >= 0.6 is 0 Å². The zero-order chi connectivity index (χ0) is 14.8. The lowest BCUT2D eigenvalue weighted by molar-refractivity contribution is -0.328. The summed E-state index contributed by atoms with van der Waals surface area (Å²) in [5, 5.41) is 48.2. The SMILES string of the molecule is OC[C@@]1(CCCc2ccoc2)O[C@@H](O)[C@H](O)[C@H](O)[C@@H]1O. The van der Waals surface area contributed by atoms with Gasteiger partial charge in [-0.15, -0.1) is 0 Å². The van der Waals surface area contributed by atoms with E-state index in [1.807, 2.05) is 0 Å². The average molecular weight is 288 g/mol. The van der Waals surface area contributed by atoms with Crippen molar-refractivity contribution in [2.45, 2.75) is 49.5 Å². The molecule has 5 atom stereocenters. The Morgan fingerprint density at radius 2 is 1.90 bits per heavy atom. The van der Waals surface area contributed by atoms with E-state index in [2.05, 4.69) is 0 Å². The maximum Gasteiger partial charge on any atom is 0.184 e. The highest BCUT2D eigenvalue weighted by Crippen LogP contribution is 2.33. The summed E-state index contributed by atoms with van der Waals surface area (Å²) in [4.78, 5) is 0. The molecule has 20 heavy (non-hydrogen) atoms. The fourth-order valence-corrected chi connectivity index (χ4v) is 2.49. The van der Waals surface area contributed by atoms with Gasteiger partial charge in [-0.3, -0.25) is 0 Å². The number of rotatable bonds is 5. The molecule has 0 spiro atoms. The van der Waals surface area contributed by atoms with Crippen LogP contribution in [0, 0.1) is 0 Å². The maximum absolute atomic E-state index is 10.0. The van der Waals surface area contributed by atoms with E-state index in [4.69, 9.17) is 9.15 Å². The quantitative estimate of drug-likeness (QED) is 0.459. The zero-order valence-corrected chi connectivity index (χ0v) is 10.9. The van der Waals surface area contributed by atoms with Gasteiger partial charge in [0.1, 0.15) is 23.9 Å². The molecule has 1 saturated heterocycles. The smallest absolute Gasteiger partial charge is 0.184 e. The first kappa shape index (κ1) is 15.4. The molecule has 7 heteroatoms. The predicted octanol–water partition coefficient (Wildman–Crippen LogP) is -1.24. The van der Waals surface area contributed by atoms with Crippen LogP contribution in [-0.4, -0.2) is 62.3 Å². The van der Waals surface area contributed by atoms with Crippen LogP contribution in [0.25, 0.3) is 0 Å². The van der Waals surface area contributed by atoms with Crippen molar-refractivity contribution in [3.05, 3.63) is 24.2 Å². The van der Waals surface area contributed by atoms with E-state index in [1.54, 1.807) is 18.6 Å². The van der Waals surface area contributed by atoms with Gasteiger partial charge in [0, 0.05) is 0 Å². The molecule has 2 rings (SSSR count). The van der Waals surface area contributed by atoms with Gasteiger partial charge in [-0.2, -0.15) is 0 Å². The molecule has 0 aromatic carbocycles. The molecule has 2 heterocycles. The van der Waals surface area contributed by atoms with Gasteiger partial charge in [0.05, 0.1) is 19.1 Å². The van der Waals surface area contributed by atoms with E-state index in [0.29, 0.717) is 12.8 Å². The lowest BCUT2D eigenvalue weighted by atomic mass is 9.83. The summed E-state index contributed by atoms with van der Waals surface area (Å²) >= 11 is 0. The summed E-state index contributed by atoms with van der Waals surface area (Å²) in [7, 11) is 0. The summed E-state index contributed by atoms with van der Waals surface area (Å²) in [6.07, 6.45) is -1.74. The minimum atomic E-state index is -1.64. The molecule has 1 aliphatic heterocycles. The van der Waals surface area contributed by atoms with Gasteiger partial charge in [0.2, 0.25) is 0 Å². The van der Waals surface area contributed by atoms with Gasteiger partial charge in [0.25, 0.3) is 0 Å². The molecule has 0 saturated carbocycles. The number of aliphatic hydroxyl groups is 5. The van der Waals surface area contributed by atoms with Crippen molar-refractivity contribution >= 4 is 0 Å². The van der Waals surface area contributed by atoms with Crippen LogP contribution in [0.2, 0.25) is 0 Å². The van der Waals surface area contributed by atoms with Crippen molar-refractivity contribution < 1.29 is 34.7 Å². The van der Waals surface area contributed by atoms with Crippen LogP contribution in [-0.2, 0) is 11.2 Å². The molecule has 1 fully saturated rings. The number of hydrogen-bond acceptors (Lipinski definition) is 7. The third-order valence-electron chi connectivity index (χ3n) is 3.77. The van der Waals surface area contributed by atoms with Crippen LogP contribution in [0.15, 0.2) is 23.0 Å². The molecule has 0 radical (unpaired) electrons. The lowest BCUT2D eigenvalue weighted by Gasteiger charge is -2.46. The molecule has 0 amide bonds. The van der Waals surface area contributed by atoms with Crippen LogP contribution in [0.5, 0.6) is 0 Å². The van der Waals surface area contributed by atoms with Crippen molar-refractivity contribution in [2.24, 2.45) is 0 Å². The normalized spacial score (nSPS) is 38.0. The second kappa shape index (κ2) is 6.21. The molecule has 5 N–H and O–H groups in total.